The van der Waals surface area contributed by atoms with Crippen molar-refractivity contribution in [3.05, 3.63) is 518 Å². The SMILES string of the molecule is c1ccc(N(c2ccc3c(c2)C2(c4ccccc4-3)c3ccccc3-n3c4cccc(-c5ccc(-c6ccc(N(c7ccc8c(c7)C7(c9ccccc9-8)c8ccccc8-n8c9ccccc9c9cccc7c98)c7ccccc7-c7ccccc7-c7cccc8ccccc78)cc6)cc5)c4c4cccc2c43)c2ccccc2-c2ccccc2-c2cccc3ccccc23)cc1. The molecule has 27 rings (SSSR count). The number of nitrogens with zero attached hydrogens (tertiary/aromatic N) is 4. The van der Waals surface area contributed by atoms with Gasteiger partial charge in [-0.3, -0.25) is 0 Å². The van der Waals surface area contributed by atoms with E-state index in [1.54, 1.807) is 0 Å². The van der Waals surface area contributed by atoms with Gasteiger partial charge in [-0.1, -0.05) is 388 Å². The summed E-state index contributed by atoms with van der Waals surface area (Å²) in [5.41, 5.74) is 41.6. The lowest BCUT2D eigenvalue weighted by atomic mass is 9.65. The first-order valence-electron chi connectivity index (χ1n) is 44.5. The van der Waals surface area contributed by atoms with Crippen LogP contribution in [0.2, 0.25) is 0 Å². The maximum absolute atomic E-state index is 2.59. The van der Waals surface area contributed by atoms with Crippen LogP contribution < -0.4 is 9.80 Å². The van der Waals surface area contributed by atoms with Gasteiger partial charge in [0, 0.05) is 55.4 Å². The summed E-state index contributed by atoms with van der Waals surface area (Å²) in [6.45, 7) is 0. The largest absolute Gasteiger partial charge is 0.310 e. The number of fused-ring (bicyclic) bond motifs is 26. The molecule has 23 aromatic rings. The van der Waals surface area contributed by atoms with E-state index >= 15 is 0 Å². The Morgan fingerprint density at radius 2 is 0.500 bits per heavy atom. The average molecular weight is 1620 g/mol. The van der Waals surface area contributed by atoms with Gasteiger partial charge < -0.3 is 18.9 Å². The van der Waals surface area contributed by atoms with E-state index in [9.17, 15) is 0 Å². The van der Waals surface area contributed by atoms with Gasteiger partial charge >= 0.3 is 0 Å². The number of hydrogen-bond donors (Lipinski definition) is 0. The van der Waals surface area contributed by atoms with Crippen LogP contribution in [-0.2, 0) is 10.8 Å². The second kappa shape index (κ2) is 27.9. The van der Waals surface area contributed by atoms with Gasteiger partial charge in [-0.25, -0.2) is 0 Å². The molecule has 2 unspecified atom stereocenters. The zero-order valence-electron chi connectivity index (χ0n) is 69.8. The molecule has 2 aliphatic heterocycles. The Labute approximate surface area is 741 Å². The third-order valence-electron chi connectivity index (χ3n) is 28.5. The first kappa shape index (κ1) is 71.9. The Morgan fingerprint density at radius 3 is 1.05 bits per heavy atom. The molecule has 594 valence electrons. The summed E-state index contributed by atoms with van der Waals surface area (Å²) >= 11 is 0. The maximum Gasteiger partial charge on any atom is 0.0755 e. The van der Waals surface area contributed by atoms with Gasteiger partial charge in [-0.2, -0.15) is 0 Å². The topological polar surface area (TPSA) is 16.3 Å². The molecule has 0 amide bonds. The van der Waals surface area contributed by atoms with E-state index in [1.165, 1.54) is 177 Å². The Morgan fingerprint density at radius 1 is 0.172 bits per heavy atom. The molecule has 128 heavy (non-hydrogen) atoms. The van der Waals surface area contributed by atoms with Gasteiger partial charge in [0.2, 0.25) is 0 Å². The van der Waals surface area contributed by atoms with E-state index in [2.05, 4.69) is 492 Å². The molecule has 0 saturated heterocycles. The van der Waals surface area contributed by atoms with Crippen molar-refractivity contribution in [2.24, 2.45) is 0 Å². The minimum atomic E-state index is -0.703. The summed E-state index contributed by atoms with van der Waals surface area (Å²) in [7, 11) is 0. The summed E-state index contributed by atoms with van der Waals surface area (Å²) in [5.74, 6) is 0. The van der Waals surface area contributed by atoms with Gasteiger partial charge in [0.25, 0.3) is 0 Å². The summed E-state index contributed by atoms with van der Waals surface area (Å²) < 4.78 is 5.13. The van der Waals surface area contributed by atoms with Gasteiger partial charge in [-0.05, 0) is 229 Å². The summed E-state index contributed by atoms with van der Waals surface area (Å²) in [5, 5.41) is 9.88. The molecular weight excluding hydrogens is 1550 g/mol. The predicted molar refractivity (Wildman–Crippen MR) is 534 cm³/mol. The highest BCUT2D eigenvalue weighted by atomic mass is 15.2. The van der Waals surface area contributed by atoms with Crippen LogP contribution in [0.1, 0.15) is 44.5 Å². The number of anilines is 6. The van der Waals surface area contributed by atoms with E-state index in [0.29, 0.717) is 0 Å². The minimum absolute atomic E-state index is 0.656. The van der Waals surface area contributed by atoms with Gasteiger partial charge in [0.05, 0.1) is 55.6 Å². The van der Waals surface area contributed by atoms with Gasteiger partial charge in [0.1, 0.15) is 0 Å². The second-order valence-electron chi connectivity index (χ2n) is 34.7. The number of para-hydroxylation sites is 8. The second-order valence-corrected chi connectivity index (χ2v) is 34.7. The molecule has 2 aromatic heterocycles. The minimum Gasteiger partial charge on any atom is -0.310 e. The van der Waals surface area contributed by atoms with Crippen molar-refractivity contribution in [1.29, 1.82) is 0 Å². The summed E-state index contributed by atoms with van der Waals surface area (Å²) in [6, 6.07) is 178. The highest BCUT2D eigenvalue weighted by Gasteiger charge is 2.53. The molecule has 0 saturated carbocycles. The smallest absolute Gasteiger partial charge is 0.0755 e. The molecule has 4 heterocycles. The average Bonchev–Trinajstić information content (AvgIpc) is 1.50. The lowest BCUT2D eigenvalue weighted by molar-refractivity contribution is 0.748. The van der Waals surface area contributed by atoms with Crippen LogP contribution >= 0.6 is 0 Å². The maximum atomic E-state index is 2.59. The van der Waals surface area contributed by atoms with Gasteiger partial charge in [-0.15, -0.1) is 0 Å². The molecule has 2 spiro atoms. The van der Waals surface area contributed by atoms with E-state index in [-0.39, 0.29) is 0 Å². The molecule has 2 atom stereocenters. The Hall–Kier alpha value is -16.7. The van der Waals surface area contributed by atoms with E-state index in [1.807, 2.05) is 0 Å². The van der Waals surface area contributed by atoms with Crippen LogP contribution in [-0.4, -0.2) is 9.13 Å². The van der Waals surface area contributed by atoms with Crippen LogP contribution in [0.3, 0.4) is 0 Å². The summed E-state index contributed by atoms with van der Waals surface area (Å²) in [4.78, 5) is 5.02. The fourth-order valence-corrected chi connectivity index (χ4v) is 23.4. The van der Waals surface area contributed by atoms with Crippen LogP contribution in [0.5, 0.6) is 0 Å². The molecule has 21 aromatic carbocycles. The van der Waals surface area contributed by atoms with Crippen molar-refractivity contribution >= 4 is 99.3 Å². The summed E-state index contributed by atoms with van der Waals surface area (Å²) in [6.07, 6.45) is 0. The molecule has 4 heteroatoms. The van der Waals surface area contributed by atoms with Crippen molar-refractivity contribution in [2.45, 2.75) is 10.8 Å². The predicted octanol–water partition coefficient (Wildman–Crippen LogP) is 32.5. The normalized spacial score (nSPS) is 14.6. The quantitative estimate of drug-likeness (QED) is 0.121. The molecule has 0 N–H and O–H groups in total. The Bertz CT molecular complexity index is 8590. The van der Waals surface area contributed by atoms with Crippen LogP contribution in [0.4, 0.5) is 34.1 Å². The van der Waals surface area contributed by atoms with Crippen LogP contribution in [0.25, 0.3) is 166 Å². The molecule has 0 fully saturated rings. The lowest BCUT2D eigenvalue weighted by Crippen LogP contribution is -2.33. The molecule has 2 aliphatic carbocycles. The van der Waals surface area contributed by atoms with Crippen molar-refractivity contribution in [1.82, 2.24) is 9.13 Å². The molecular formula is C124H78N4. The fraction of sp³-hybridized carbons (Fsp3) is 0.0161. The van der Waals surface area contributed by atoms with Crippen molar-refractivity contribution in [3.63, 3.8) is 0 Å². The zero-order chi connectivity index (χ0) is 83.9. The van der Waals surface area contributed by atoms with Crippen LogP contribution in [0, 0.1) is 0 Å². The fourth-order valence-electron chi connectivity index (χ4n) is 23.4. The van der Waals surface area contributed by atoms with Crippen molar-refractivity contribution in [2.75, 3.05) is 9.80 Å². The first-order chi connectivity index (χ1) is 63.6. The van der Waals surface area contributed by atoms with Crippen molar-refractivity contribution in [3.8, 4) is 100 Å². The number of hydrogen-bond acceptors (Lipinski definition) is 2. The Balaban J connectivity index is 0.594. The third kappa shape index (κ3) is 10.1. The number of aromatic nitrogens is 2. The third-order valence-corrected chi connectivity index (χ3v) is 28.5. The molecule has 4 aliphatic rings. The molecule has 4 nitrogen and oxygen atoms in total. The lowest BCUT2D eigenvalue weighted by Gasteiger charge is -2.40. The zero-order valence-corrected chi connectivity index (χ0v) is 69.8. The number of benzene rings is 21. The first-order valence-corrected chi connectivity index (χ1v) is 44.5. The highest BCUT2D eigenvalue weighted by molar-refractivity contribution is 6.19. The van der Waals surface area contributed by atoms with Crippen molar-refractivity contribution < 1.29 is 0 Å². The van der Waals surface area contributed by atoms with E-state index in [0.717, 1.165) is 67.5 Å². The van der Waals surface area contributed by atoms with Crippen LogP contribution in [0.15, 0.2) is 473 Å². The molecule has 0 radical (unpaired) electrons. The molecule has 0 bridgehead atoms. The van der Waals surface area contributed by atoms with E-state index in [4.69, 9.17) is 0 Å². The highest BCUT2D eigenvalue weighted by Crippen LogP contribution is 2.65. The van der Waals surface area contributed by atoms with E-state index < -0.39 is 10.8 Å². The monoisotopic (exact) mass is 1620 g/mol. The Kier molecular flexibility index (Phi) is 15.7. The van der Waals surface area contributed by atoms with Gasteiger partial charge in [0.15, 0.2) is 0 Å². The standard InChI is InChI=1S/C124H78N4/c1-2-35-84(36-3-1)125(114-59-21-14-45-101(114)95-41-10-8-39-93(95)91-49-26-33-81-31-4-6-37-88(81)91)86-73-75-100-98-44-13-18-54-107(98)124(113(100)77-86)109-56-20-25-63-118(109)128-119-64-30-48-90(120(119)105-52-29-58-111(124)122(105)128)83-67-65-79(66-68-83)80-69-71-85(72-70-80)126(115-60-22-15-46-102(115)96-42-11-9-40-94(96)92-50-27-34-82-32-5-7-38-89(82)92)87-74-76-99-97-43-12-17-53-106(97)123(112(99)78-87)108-55-19-24-62-117(108)127-116-61-23-16-47-103(116)104-51-28-57-110(123)121(104)127/h1-78H. The number of rotatable bonds is 12.